The van der Waals surface area contributed by atoms with Crippen molar-refractivity contribution in [3.63, 3.8) is 0 Å². The van der Waals surface area contributed by atoms with E-state index in [2.05, 4.69) is 17.0 Å². The van der Waals surface area contributed by atoms with Crippen LogP contribution in [0.3, 0.4) is 0 Å². The number of aryl methyl sites for hydroxylation is 2. The van der Waals surface area contributed by atoms with Gasteiger partial charge in [-0.15, -0.1) is 0 Å². The van der Waals surface area contributed by atoms with Crippen molar-refractivity contribution in [3.8, 4) is 0 Å². The van der Waals surface area contributed by atoms with Gasteiger partial charge in [0.05, 0.1) is 5.56 Å². The fourth-order valence-electron chi connectivity index (χ4n) is 3.13. The Balaban J connectivity index is 1.72. The molecular formula is C19H23N3O. The van der Waals surface area contributed by atoms with E-state index >= 15 is 0 Å². The van der Waals surface area contributed by atoms with Gasteiger partial charge in [-0.1, -0.05) is 24.3 Å². The smallest absolute Gasteiger partial charge is 0.256 e. The molecule has 0 bridgehead atoms. The summed E-state index contributed by atoms with van der Waals surface area (Å²) < 4.78 is 0. The number of carbonyl (C=O) groups excluding carboxylic acids is 1. The van der Waals surface area contributed by atoms with Crippen LogP contribution in [0.2, 0.25) is 0 Å². The summed E-state index contributed by atoms with van der Waals surface area (Å²) in [4.78, 5) is 17.0. The fourth-order valence-corrected chi connectivity index (χ4v) is 3.13. The van der Waals surface area contributed by atoms with Crippen LogP contribution in [0, 0.1) is 13.8 Å². The molecule has 1 fully saturated rings. The molecule has 0 aromatic heterocycles. The van der Waals surface area contributed by atoms with E-state index in [-0.39, 0.29) is 5.91 Å². The average Bonchev–Trinajstić information content (AvgIpc) is 2.58. The average molecular weight is 309 g/mol. The quantitative estimate of drug-likeness (QED) is 0.868. The highest BCUT2D eigenvalue weighted by atomic mass is 16.2. The lowest BCUT2D eigenvalue weighted by molar-refractivity contribution is 0.0747. The number of rotatable bonds is 2. The van der Waals surface area contributed by atoms with Gasteiger partial charge in [0.1, 0.15) is 0 Å². The molecule has 0 aliphatic carbocycles. The maximum atomic E-state index is 12.8. The van der Waals surface area contributed by atoms with Crippen molar-refractivity contribution in [2.75, 3.05) is 36.8 Å². The van der Waals surface area contributed by atoms with Gasteiger partial charge in [-0.2, -0.15) is 0 Å². The molecule has 0 atom stereocenters. The Morgan fingerprint density at radius 3 is 2.30 bits per heavy atom. The van der Waals surface area contributed by atoms with E-state index in [0.717, 1.165) is 37.3 Å². The number of nitrogens with zero attached hydrogens (tertiary/aromatic N) is 2. The van der Waals surface area contributed by atoms with Gasteiger partial charge in [0.15, 0.2) is 0 Å². The third-order valence-electron chi connectivity index (χ3n) is 4.45. The van der Waals surface area contributed by atoms with Gasteiger partial charge >= 0.3 is 0 Å². The number of benzene rings is 2. The second kappa shape index (κ2) is 6.32. The monoisotopic (exact) mass is 309 g/mol. The van der Waals surface area contributed by atoms with Crippen molar-refractivity contribution in [1.82, 2.24) is 4.90 Å². The van der Waals surface area contributed by atoms with E-state index in [1.54, 1.807) is 0 Å². The topological polar surface area (TPSA) is 49.6 Å². The first-order chi connectivity index (χ1) is 11.1. The number of nitrogen functional groups attached to an aromatic ring is 1. The minimum Gasteiger partial charge on any atom is -0.398 e. The van der Waals surface area contributed by atoms with Crippen LogP contribution in [0.15, 0.2) is 42.5 Å². The van der Waals surface area contributed by atoms with Gasteiger partial charge < -0.3 is 15.5 Å². The Morgan fingerprint density at radius 2 is 1.65 bits per heavy atom. The maximum absolute atomic E-state index is 12.8. The zero-order chi connectivity index (χ0) is 16.4. The summed E-state index contributed by atoms with van der Waals surface area (Å²) in [6, 6.07) is 14.2. The standard InChI is InChI=1S/C19H23N3O/c1-14-12-15(2)18(20)17(13-14)19(23)22-10-8-21(9-11-22)16-6-4-3-5-7-16/h3-7,12-13H,8-11,20H2,1-2H3. The van der Waals surface area contributed by atoms with Crippen molar-refractivity contribution in [2.24, 2.45) is 0 Å². The van der Waals surface area contributed by atoms with Crippen molar-refractivity contribution < 1.29 is 4.79 Å². The lowest BCUT2D eigenvalue weighted by atomic mass is 10.0. The van der Waals surface area contributed by atoms with Crippen LogP contribution in [0.1, 0.15) is 21.5 Å². The summed E-state index contributed by atoms with van der Waals surface area (Å²) in [5, 5.41) is 0. The Kier molecular flexibility index (Phi) is 4.24. The molecule has 2 aromatic carbocycles. The van der Waals surface area contributed by atoms with Gasteiger partial charge in [-0.25, -0.2) is 0 Å². The van der Waals surface area contributed by atoms with Crippen LogP contribution in [0.25, 0.3) is 0 Å². The zero-order valence-corrected chi connectivity index (χ0v) is 13.7. The fraction of sp³-hybridized carbons (Fsp3) is 0.316. The third kappa shape index (κ3) is 3.16. The molecule has 2 N–H and O–H groups in total. The molecule has 1 aliphatic rings. The van der Waals surface area contributed by atoms with E-state index in [0.29, 0.717) is 11.3 Å². The molecule has 1 aliphatic heterocycles. The highest BCUT2D eigenvalue weighted by Crippen LogP contribution is 2.22. The van der Waals surface area contributed by atoms with Crippen LogP contribution in [-0.4, -0.2) is 37.0 Å². The maximum Gasteiger partial charge on any atom is 0.256 e. The Labute approximate surface area is 137 Å². The summed E-state index contributed by atoms with van der Waals surface area (Å²) in [6.07, 6.45) is 0. The van der Waals surface area contributed by atoms with Crippen molar-refractivity contribution in [3.05, 3.63) is 59.2 Å². The Morgan fingerprint density at radius 1 is 1.00 bits per heavy atom. The highest BCUT2D eigenvalue weighted by Gasteiger charge is 2.24. The van der Waals surface area contributed by atoms with E-state index < -0.39 is 0 Å². The molecular weight excluding hydrogens is 286 g/mol. The third-order valence-corrected chi connectivity index (χ3v) is 4.45. The molecule has 3 rings (SSSR count). The molecule has 0 saturated carbocycles. The number of amides is 1. The number of anilines is 2. The molecule has 23 heavy (non-hydrogen) atoms. The predicted molar refractivity (Wildman–Crippen MR) is 94.9 cm³/mol. The van der Waals surface area contributed by atoms with Crippen molar-refractivity contribution >= 4 is 17.3 Å². The molecule has 4 heteroatoms. The van der Waals surface area contributed by atoms with Crippen molar-refractivity contribution in [2.45, 2.75) is 13.8 Å². The molecule has 1 amide bonds. The van der Waals surface area contributed by atoms with Crippen LogP contribution in [0.4, 0.5) is 11.4 Å². The number of carbonyl (C=O) groups is 1. The molecule has 1 heterocycles. The minimum absolute atomic E-state index is 0.0435. The van der Waals surface area contributed by atoms with Crippen LogP contribution >= 0.6 is 0 Å². The summed E-state index contributed by atoms with van der Waals surface area (Å²) in [7, 11) is 0. The van der Waals surface area contributed by atoms with Gasteiger partial charge in [0.2, 0.25) is 0 Å². The van der Waals surface area contributed by atoms with Crippen LogP contribution < -0.4 is 10.6 Å². The zero-order valence-electron chi connectivity index (χ0n) is 13.7. The lowest BCUT2D eigenvalue weighted by Gasteiger charge is -2.36. The second-order valence-electron chi connectivity index (χ2n) is 6.16. The Hall–Kier alpha value is -2.49. The summed E-state index contributed by atoms with van der Waals surface area (Å²) in [5.74, 6) is 0.0435. The molecule has 120 valence electrons. The number of nitrogens with two attached hydrogens (primary N) is 1. The Bertz CT molecular complexity index is 704. The number of hydrogen-bond donors (Lipinski definition) is 1. The van der Waals surface area contributed by atoms with Gasteiger partial charge in [0, 0.05) is 37.6 Å². The number of hydrogen-bond acceptors (Lipinski definition) is 3. The highest BCUT2D eigenvalue weighted by molar-refractivity contribution is 6.00. The molecule has 0 spiro atoms. The van der Waals surface area contributed by atoms with E-state index in [4.69, 9.17) is 5.73 Å². The van der Waals surface area contributed by atoms with Gasteiger partial charge in [-0.3, -0.25) is 4.79 Å². The second-order valence-corrected chi connectivity index (χ2v) is 6.16. The predicted octanol–water partition coefficient (Wildman–Crippen LogP) is 2.85. The lowest BCUT2D eigenvalue weighted by Crippen LogP contribution is -2.49. The molecule has 2 aromatic rings. The van der Waals surface area contributed by atoms with E-state index in [9.17, 15) is 4.79 Å². The van der Waals surface area contributed by atoms with Crippen molar-refractivity contribution in [1.29, 1.82) is 0 Å². The first-order valence-corrected chi connectivity index (χ1v) is 8.02. The summed E-state index contributed by atoms with van der Waals surface area (Å²) in [6.45, 7) is 7.09. The SMILES string of the molecule is Cc1cc(C)c(N)c(C(=O)N2CCN(c3ccccc3)CC2)c1. The number of piperazine rings is 1. The van der Waals surface area contributed by atoms with Gasteiger partial charge in [-0.05, 0) is 43.2 Å². The first-order valence-electron chi connectivity index (χ1n) is 8.02. The molecule has 0 radical (unpaired) electrons. The molecule has 4 nitrogen and oxygen atoms in total. The largest absolute Gasteiger partial charge is 0.398 e. The van der Waals surface area contributed by atoms with E-state index in [1.165, 1.54) is 5.69 Å². The minimum atomic E-state index is 0.0435. The summed E-state index contributed by atoms with van der Waals surface area (Å²) in [5.41, 5.74) is 10.6. The molecule has 1 saturated heterocycles. The van der Waals surface area contributed by atoms with Gasteiger partial charge in [0.25, 0.3) is 5.91 Å². The summed E-state index contributed by atoms with van der Waals surface area (Å²) >= 11 is 0. The van der Waals surface area contributed by atoms with E-state index in [1.807, 2.05) is 49.1 Å². The van der Waals surface area contributed by atoms with Crippen LogP contribution in [0.5, 0.6) is 0 Å². The van der Waals surface area contributed by atoms with Crippen LogP contribution in [-0.2, 0) is 0 Å². The molecule has 0 unspecified atom stereocenters. The first kappa shape index (κ1) is 15.4. The normalized spacial score (nSPS) is 14.9. The number of para-hydroxylation sites is 1.